The molecular weight excluding hydrogens is 849 g/mol. The maximum Gasteiger partial charge on any atom is 0.332 e. The molecule has 8 aliphatic rings. The fraction of sp³-hybridized carbons (Fsp3) is 0.708. The second kappa shape index (κ2) is 19.9. The van der Waals surface area contributed by atoms with Crippen LogP contribution >= 0.6 is 0 Å². The third-order valence-electron chi connectivity index (χ3n) is 15.6. The number of hydrogen-bond donors (Lipinski definition) is 3. The average Bonchev–Trinajstić information content (AvgIpc) is 4.05. The molecule has 14 nitrogen and oxygen atoms in total. The van der Waals surface area contributed by atoms with Crippen molar-refractivity contribution >= 4 is 31.8 Å². The van der Waals surface area contributed by atoms with Gasteiger partial charge in [-0.3, -0.25) is 19.6 Å². The van der Waals surface area contributed by atoms with Crippen molar-refractivity contribution in [3.8, 4) is 12.0 Å². The number of carbonyl (C=O) groups excluding carboxylic acids is 1. The molecule has 4 fully saturated rings. The Morgan fingerprint density at radius 2 is 1.05 bits per heavy atom. The van der Waals surface area contributed by atoms with Crippen LogP contribution in [0.25, 0.3) is 0 Å². The van der Waals surface area contributed by atoms with Gasteiger partial charge in [0.1, 0.15) is 5.75 Å². The number of sulfonamides is 2. The maximum atomic E-state index is 13.0. The number of rotatable bonds is 9. The maximum absolute atomic E-state index is 13.0. The molecule has 2 aromatic rings. The van der Waals surface area contributed by atoms with Crippen molar-refractivity contribution in [3.05, 3.63) is 56.6 Å². The first-order valence-electron chi connectivity index (χ1n) is 24.3. The normalized spacial score (nSPS) is 22.3. The van der Waals surface area contributed by atoms with Crippen LogP contribution in [0.1, 0.15) is 124 Å². The Labute approximate surface area is 382 Å². The highest BCUT2D eigenvalue weighted by atomic mass is 32.2. The van der Waals surface area contributed by atoms with Crippen LogP contribution < -0.4 is 19.9 Å². The smallest absolute Gasteiger partial charge is 0.332 e. The molecule has 0 saturated carbocycles. The number of fused-ring (bicyclic) bond motifs is 4. The first-order chi connectivity index (χ1) is 30.6. The fourth-order valence-electron chi connectivity index (χ4n) is 11.7. The van der Waals surface area contributed by atoms with Gasteiger partial charge in [0.2, 0.25) is 20.0 Å². The highest BCUT2D eigenvalue weighted by molar-refractivity contribution is 7.90. The van der Waals surface area contributed by atoms with E-state index in [0.717, 1.165) is 128 Å². The summed E-state index contributed by atoms with van der Waals surface area (Å²) in [7, 11) is -7.02. The van der Waals surface area contributed by atoms with Crippen molar-refractivity contribution in [3.63, 3.8) is 0 Å². The molecule has 0 aromatic heterocycles. The van der Waals surface area contributed by atoms with Gasteiger partial charge in [0, 0.05) is 56.0 Å². The van der Waals surface area contributed by atoms with Gasteiger partial charge in [0.25, 0.3) is 6.26 Å². The number of hydrogen-bond acceptors (Lipinski definition) is 11. The van der Waals surface area contributed by atoms with Crippen molar-refractivity contribution < 1.29 is 26.4 Å². The number of ether oxygens (including phenoxy) is 1. The first kappa shape index (κ1) is 47.2. The fourth-order valence-corrected chi connectivity index (χ4v) is 13.8. The lowest BCUT2D eigenvalue weighted by Crippen LogP contribution is -2.63. The van der Waals surface area contributed by atoms with Gasteiger partial charge in [-0.25, -0.2) is 31.5 Å². The number of carbonyl (C=O) groups is 1. The monoisotopic (exact) mass is 921 g/mol. The Balaban J connectivity index is 0.000000146. The number of nitrogens with one attached hydrogen (secondary N) is 2. The van der Waals surface area contributed by atoms with Gasteiger partial charge in [-0.15, -0.1) is 5.26 Å². The summed E-state index contributed by atoms with van der Waals surface area (Å²) < 4.78 is 55.9. The second-order valence-corrected chi connectivity index (χ2v) is 24.0. The summed E-state index contributed by atoms with van der Waals surface area (Å²) >= 11 is 0. The van der Waals surface area contributed by atoms with E-state index >= 15 is 0 Å². The van der Waals surface area contributed by atoms with Crippen molar-refractivity contribution in [1.82, 2.24) is 24.3 Å². The van der Waals surface area contributed by atoms with E-state index in [1.807, 2.05) is 6.26 Å². The molecule has 2 amide bonds. The summed E-state index contributed by atoms with van der Waals surface area (Å²) in [6, 6.07) is 6.40. The number of primary sulfonamides is 1. The van der Waals surface area contributed by atoms with E-state index in [4.69, 9.17) is 15.1 Å². The minimum Gasteiger partial charge on any atom is -0.387 e. The van der Waals surface area contributed by atoms with Crippen LogP contribution in [0.2, 0.25) is 0 Å². The summed E-state index contributed by atoms with van der Waals surface area (Å²) in [6.45, 7) is 16.5. The third kappa shape index (κ3) is 10.5. The van der Waals surface area contributed by atoms with Gasteiger partial charge >= 0.3 is 6.03 Å². The van der Waals surface area contributed by atoms with E-state index in [1.54, 1.807) is 0 Å². The number of nitrogens with zero attached hydrogens (tertiary/aromatic N) is 5. The highest BCUT2D eigenvalue weighted by Gasteiger charge is 2.39. The molecule has 0 radical (unpaired) electrons. The molecule has 4 heterocycles. The zero-order chi connectivity index (χ0) is 45.3. The van der Waals surface area contributed by atoms with E-state index in [0.29, 0.717) is 49.9 Å². The van der Waals surface area contributed by atoms with E-state index in [2.05, 4.69) is 69.5 Å². The molecule has 0 bridgehead atoms. The van der Waals surface area contributed by atoms with Crippen molar-refractivity contribution in [2.24, 2.45) is 5.14 Å². The van der Waals surface area contributed by atoms with Crippen LogP contribution in [0.15, 0.2) is 12.1 Å². The molecule has 4 N–H and O–H groups in total. The third-order valence-corrected chi connectivity index (χ3v) is 18.9. The standard InChI is InChI=1S/C24H36N4O3S.C13H13NO.C11H23N3O2S/c1-16(2)28-14-19(15-28)27-11-9-20(10-12-27)32(30,31)26-24(29)25-23-21-7-3-5-17(21)13-18-6-4-8-22(18)23;14-8-15-13-11-5-1-3-9(11)7-10-4-2-6-12(10)13;1-9(2)14-7-10(8-14)13-5-3-11(4-6-13)17(12,15)16/h13,16,19-20H,3-12,14-15H2,1-2H3,(H2,25,26,29);7H,1-6H2;9-11H,3-8H2,1-2H3,(H2,12,15,16). The summed E-state index contributed by atoms with van der Waals surface area (Å²) in [4.78, 5) is 22.5. The van der Waals surface area contributed by atoms with Crippen LogP contribution in [0, 0.1) is 11.5 Å². The highest BCUT2D eigenvalue weighted by Crippen LogP contribution is 2.41. The van der Waals surface area contributed by atoms with Crippen LogP contribution in [0.5, 0.6) is 5.75 Å². The Kier molecular flexibility index (Phi) is 14.7. The number of amides is 2. The zero-order valence-electron chi connectivity index (χ0n) is 38.7. The summed E-state index contributed by atoms with van der Waals surface area (Å²) in [5, 5.41) is 16.0. The Bertz CT molecular complexity index is 2220. The molecular formula is C48H72N8O6S2. The summed E-state index contributed by atoms with van der Waals surface area (Å²) in [5.41, 5.74) is 11.4. The molecule has 4 saturated heterocycles. The minimum absolute atomic E-state index is 0.319. The zero-order valence-corrected chi connectivity index (χ0v) is 40.3. The molecule has 2 aromatic carbocycles. The lowest BCUT2D eigenvalue weighted by atomic mass is 9.99. The number of benzene rings is 2. The quantitative estimate of drug-likeness (QED) is 0.287. The Hall–Kier alpha value is -3.30. The first-order valence-corrected chi connectivity index (χ1v) is 27.4. The van der Waals surface area contributed by atoms with Gasteiger partial charge in [0.15, 0.2) is 0 Å². The predicted molar refractivity (Wildman–Crippen MR) is 252 cm³/mol. The molecule has 0 atom stereocenters. The SMILES string of the molecule is CC(C)N1CC(N2CCC(S(=O)(=O)NC(=O)Nc3c4c(cc5c3CCC5)CCC4)CC2)C1.CC(C)N1CC(N2CCC(S(N)(=O)=O)CC2)C1.N#COc1c2c(cc3c1CCC3)CCC2. The van der Waals surface area contributed by atoms with Gasteiger partial charge < -0.3 is 10.1 Å². The lowest BCUT2D eigenvalue weighted by molar-refractivity contribution is 0.00577. The molecule has 0 unspecified atom stereocenters. The number of aryl methyl sites for hydroxylation is 4. The minimum atomic E-state index is -3.69. The molecule has 352 valence electrons. The molecule has 16 heteroatoms. The topological polar surface area (TPSA) is 181 Å². The van der Waals surface area contributed by atoms with Crippen LogP contribution in [-0.4, -0.2) is 129 Å². The van der Waals surface area contributed by atoms with Crippen molar-refractivity contribution in [1.29, 1.82) is 5.26 Å². The van der Waals surface area contributed by atoms with E-state index in [-0.39, 0.29) is 5.25 Å². The van der Waals surface area contributed by atoms with Crippen LogP contribution in [0.3, 0.4) is 0 Å². The van der Waals surface area contributed by atoms with E-state index in [9.17, 15) is 21.6 Å². The number of urea groups is 1. The largest absolute Gasteiger partial charge is 0.387 e. The predicted octanol–water partition coefficient (Wildman–Crippen LogP) is 5.03. The molecule has 4 aliphatic carbocycles. The number of anilines is 1. The van der Waals surface area contributed by atoms with Gasteiger partial charge in [-0.1, -0.05) is 12.1 Å². The summed E-state index contributed by atoms with van der Waals surface area (Å²) in [5.74, 6) is 0.903. The van der Waals surface area contributed by atoms with E-state index < -0.39 is 31.3 Å². The number of nitriles is 1. The van der Waals surface area contributed by atoms with Gasteiger partial charge in [-0.05, 0) is 201 Å². The van der Waals surface area contributed by atoms with Gasteiger partial charge in [-0.2, -0.15) is 0 Å². The lowest BCUT2D eigenvalue weighted by Gasteiger charge is -2.49. The second-order valence-electron chi connectivity index (χ2n) is 20.2. The van der Waals surface area contributed by atoms with Crippen molar-refractivity contribution in [2.45, 2.75) is 165 Å². The molecule has 64 heavy (non-hydrogen) atoms. The van der Waals surface area contributed by atoms with E-state index in [1.165, 1.54) is 57.3 Å². The summed E-state index contributed by atoms with van der Waals surface area (Å²) in [6.07, 6.45) is 17.5. The molecule has 0 spiro atoms. The van der Waals surface area contributed by atoms with Crippen molar-refractivity contribution in [2.75, 3.05) is 57.7 Å². The Morgan fingerprint density at radius 1 is 0.656 bits per heavy atom. The number of likely N-dealkylation sites (tertiary alicyclic amines) is 4. The average molecular weight is 921 g/mol. The number of nitrogens with two attached hydrogens (primary N) is 1. The molecule has 10 rings (SSSR count). The van der Waals surface area contributed by atoms with Crippen LogP contribution in [0.4, 0.5) is 10.5 Å². The van der Waals surface area contributed by atoms with Gasteiger partial charge in [0.05, 0.1) is 10.5 Å². The molecule has 4 aliphatic heterocycles. The number of piperidine rings is 2. The van der Waals surface area contributed by atoms with Crippen LogP contribution in [-0.2, 0) is 71.4 Å². The Morgan fingerprint density at radius 3 is 1.44 bits per heavy atom.